The van der Waals surface area contributed by atoms with Crippen LogP contribution in [0, 0.1) is 0 Å². The Bertz CT molecular complexity index is 339. The van der Waals surface area contributed by atoms with Crippen LogP contribution in [0.5, 0.6) is 11.5 Å². The molecule has 0 saturated heterocycles. The third-order valence-corrected chi connectivity index (χ3v) is 2.90. The summed E-state index contributed by atoms with van der Waals surface area (Å²) >= 11 is 0. The molecule has 0 aliphatic rings. The summed E-state index contributed by atoms with van der Waals surface area (Å²) in [5.41, 5.74) is 6.43. The van der Waals surface area contributed by atoms with Gasteiger partial charge in [0.25, 0.3) is 0 Å². The highest BCUT2D eigenvalue weighted by atomic mass is 16.5. The van der Waals surface area contributed by atoms with E-state index in [9.17, 15) is 0 Å². The monoisotopic (exact) mass is 251 g/mol. The molecule has 0 amide bonds. The zero-order valence-electron chi connectivity index (χ0n) is 11.6. The minimum Gasteiger partial charge on any atom is -0.497 e. The summed E-state index contributed by atoms with van der Waals surface area (Å²) in [6.45, 7) is 2.98. The van der Waals surface area contributed by atoms with Crippen LogP contribution in [-0.4, -0.2) is 13.7 Å². The molecular weight excluding hydrogens is 226 g/mol. The fourth-order valence-electron chi connectivity index (χ4n) is 1.87. The molecule has 0 spiro atoms. The van der Waals surface area contributed by atoms with Crippen molar-refractivity contribution in [2.45, 2.75) is 45.4 Å². The highest BCUT2D eigenvalue weighted by Crippen LogP contribution is 2.24. The quantitative estimate of drug-likeness (QED) is 0.532. The summed E-state index contributed by atoms with van der Waals surface area (Å²) in [6, 6.07) is 5.49. The maximum Gasteiger partial charge on any atom is 0.125 e. The molecule has 0 atom stereocenters. The fraction of sp³-hybridized carbons (Fsp3) is 0.600. The number of nitrogen functional groups attached to an aromatic ring is 1. The molecule has 0 heterocycles. The molecular formula is C15H25NO2. The van der Waals surface area contributed by atoms with E-state index >= 15 is 0 Å². The molecule has 1 aromatic carbocycles. The summed E-state index contributed by atoms with van der Waals surface area (Å²) in [7, 11) is 1.63. The van der Waals surface area contributed by atoms with Gasteiger partial charge in [0.1, 0.15) is 11.5 Å². The van der Waals surface area contributed by atoms with Crippen molar-refractivity contribution in [3.63, 3.8) is 0 Å². The number of unbranched alkanes of at least 4 members (excludes halogenated alkanes) is 5. The number of anilines is 1. The van der Waals surface area contributed by atoms with Crippen LogP contribution in [0.1, 0.15) is 45.4 Å². The van der Waals surface area contributed by atoms with Crippen LogP contribution >= 0.6 is 0 Å². The Morgan fingerprint density at radius 1 is 0.944 bits per heavy atom. The molecule has 0 saturated carbocycles. The Kier molecular flexibility index (Phi) is 7.07. The third-order valence-electron chi connectivity index (χ3n) is 2.90. The summed E-state index contributed by atoms with van der Waals surface area (Å²) in [5.74, 6) is 1.54. The van der Waals surface area contributed by atoms with E-state index in [4.69, 9.17) is 15.2 Å². The highest BCUT2D eigenvalue weighted by molar-refractivity contribution is 5.50. The Morgan fingerprint density at radius 3 is 2.33 bits per heavy atom. The molecule has 18 heavy (non-hydrogen) atoms. The lowest BCUT2D eigenvalue weighted by Gasteiger charge is -2.09. The minimum atomic E-state index is 0.673. The smallest absolute Gasteiger partial charge is 0.125 e. The predicted molar refractivity (Wildman–Crippen MR) is 76.3 cm³/mol. The first kappa shape index (κ1) is 14.7. The molecule has 0 unspecified atom stereocenters. The molecule has 0 bridgehead atoms. The molecule has 3 nitrogen and oxygen atoms in total. The van der Waals surface area contributed by atoms with Gasteiger partial charge in [-0.25, -0.2) is 0 Å². The minimum absolute atomic E-state index is 0.673. The number of nitrogens with two attached hydrogens (primary N) is 1. The maximum atomic E-state index is 5.76. The second-order valence-electron chi connectivity index (χ2n) is 4.56. The van der Waals surface area contributed by atoms with Crippen molar-refractivity contribution < 1.29 is 9.47 Å². The maximum absolute atomic E-state index is 5.76. The van der Waals surface area contributed by atoms with Gasteiger partial charge in [-0.2, -0.15) is 0 Å². The average molecular weight is 251 g/mol. The number of rotatable bonds is 9. The zero-order valence-corrected chi connectivity index (χ0v) is 11.6. The van der Waals surface area contributed by atoms with Gasteiger partial charge in [-0.3, -0.25) is 0 Å². The van der Waals surface area contributed by atoms with E-state index in [-0.39, 0.29) is 0 Å². The molecule has 2 N–H and O–H groups in total. The summed E-state index contributed by atoms with van der Waals surface area (Å²) in [5, 5.41) is 0. The standard InChI is InChI=1S/C15H25NO2/c1-3-4-5-6-7-8-9-18-15-11-13(16)10-14(12-15)17-2/h10-12H,3-9,16H2,1-2H3. The highest BCUT2D eigenvalue weighted by Gasteiger charge is 2.00. The van der Waals surface area contributed by atoms with Gasteiger partial charge < -0.3 is 15.2 Å². The number of benzene rings is 1. The molecule has 0 aliphatic heterocycles. The lowest BCUT2D eigenvalue weighted by Crippen LogP contribution is -1.99. The second kappa shape index (κ2) is 8.67. The van der Waals surface area contributed by atoms with Crippen molar-refractivity contribution in [1.29, 1.82) is 0 Å². The average Bonchev–Trinajstić information content (AvgIpc) is 2.37. The lowest BCUT2D eigenvalue weighted by molar-refractivity contribution is 0.302. The van der Waals surface area contributed by atoms with Crippen molar-refractivity contribution in [3.05, 3.63) is 18.2 Å². The Morgan fingerprint density at radius 2 is 1.61 bits per heavy atom. The van der Waals surface area contributed by atoms with Gasteiger partial charge in [0.2, 0.25) is 0 Å². The van der Waals surface area contributed by atoms with E-state index in [0.29, 0.717) is 5.69 Å². The van der Waals surface area contributed by atoms with Crippen molar-refractivity contribution in [1.82, 2.24) is 0 Å². The zero-order chi connectivity index (χ0) is 13.2. The van der Waals surface area contributed by atoms with Crippen molar-refractivity contribution in [2.75, 3.05) is 19.5 Å². The summed E-state index contributed by atoms with van der Waals surface area (Å²) < 4.78 is 10.8. The van der Waals surface area contributed by atoms with Gasteiger partial charge in [0, 0.05) is 23.9 Å². The van der Waals surface area contributed by atoms with Crippen LogP contribution in [0.15, 0.2) is 18.2 Å². The first-order chi connectivity index (χ1) is 8.76. The largest absolute Gasteiger partial charge is 0.497 e. The molecule has 1 aromatic rings. The lowest BCUT2D eigenvalue weighted by atomic mass is 10.1. The van der Waals surface area contributed by atoms with Crippen molar-refractivity contribution in [3.8, 4) is 11.5 Å². The van der Waals surface area contributed by atoms with Crippen LogP contribution in [0.25, 0.3) is 0 Å². The van der Waals surface area contributed by atoms with Crippen molar-refractivity contribution >= 4 is 5.69 Å². The molecule has 0 radical (unpaired) electrons. The third kappa shape index (κ3) is 5.80. The topological polar surface area (TPSA) is 44.5 Å². The van der Waals surface area contributed by atoms with Gasteiger partial charge in [-0.15, -0.1) is 0 Å². The Labute approximate surface area is 110 Å². The molecule has 0 fully saturated rings. The van der Waals surface area contributed by atoms with E-state index < -0.39 is 0 Å². The predicted octanol–water partition coefficient (Wildman–Crippen LogP) is 4.02. The Hall–Kier alpha value is -1.38. The molecule has 3 heteroatoms. The summed E-state index contributed by atoms with van der Waals surface area (Å²) in [6.07, 6.45) is 7.60. The van der Waals surface area contributed by atoms with Gasteiger partial charge in [0.15, 0.2) is 0 Å². The fourth-order valence-corrected chi connectivity index (χ4v) is 1.87. The van der Waals surface area contributed by atoms with E-state index in [1.54, 1.807) is 13.2 Å². The number of hydrogen-bond acceptors (Lipinski definition) is 3. The van der Waals surface area contributed by atoms with Crippen molar-refractivity contribution in [2.24, 2.45) is 0 Å². The van der Waals surface area contributed by atoms with Crippen LogP contribution in [-0.2, 0) is 0 Å². The van der Waals surface area contributed by atoms with Gasteiger partial charge >= 0.3 is 0 Å². The normalized spacial score (nSPS) is 10.3. The summed E-state index contributed by atoms with van der Waals surface area (Å²) in [4.78, 5) is 0. The first-order valence-electron chi connectivity index (χ1n) is 6.83. The number of ether oxygens (including phenoxy) is 2. The van der Waals surface area contributed by atoms with Crippen LogP contribution in [0.2, 0.25) is 0 Å². The second-order valence-corrected chi connectivity index (χ2v) is 4.56. The number of methoxy groups -OCH3 is 1. The van der Waals surface area contributed by atoms with Crippen LogP contribution in [0.4, 0.5) is 5.69 Å². The van der Waals surface area contributed by atoms with Gasteiger partial charge in [-0.1, -0.05) is 39.0 Å². The Balaban J connectivity index is 2.20. The van der Waals surface area contributed by atoms with E-state index in [1.165, 1.54) is 32.1 Å². The molecule has 0 aromatic heterocycles. The van der Waals surface area contributed by atoms with E-state index in [0.717, 1.165) is 24.5 Å². The van der Waals surface area contributed by atoms with Crippen LogP contribution < -0.4 is 15.2 Å². The van der Waals surface area contributed by atoms with E-state index in [2.05, 4.69) is 6.92 Å². The van der Waals surface area contributed by atoms with Gasteiger partial charge in [0.05, 0.1) is 13.7 Å². The number of hydrogen-bond donors (Lipinski definition) is 1. The molecule has 1 rings (SSSR count). The first-order valence-corrected chi connectivity index (χ1v) is 6.83. The van der Waals surface area contributed by atoms with E-state index in [1.807, 2.05) is 12.1 Å². The van der Waals surface area contributed by atoms with Crippen LogP contribution in [0.3, 0.4) is 0 Å². The SMILES string of the molecule is CCCCCCCCOc1cc(N)cc(OC)c1. The van der Waals surface area contributed by atoms with Gasteiger partial charge in [-0.05, 0) is 6.42 Å². The molecule has 0 aliphatic carbocycles. The molecule has 102 valence electrons.